The molecule has 1 aliphatic carbocycles. The highest BCUT2D eigenvalue weighted by molar-refractivity contribution is 9.10. The first-order chi connectivity index (χ1) is 11.1. The van der Waals surface area contributed by atoms with Gasteiger partial charge in [0.25, 0.3) is 0 Å². The fourth-order valence-electron chi connectivity index (χ4n) is 3.68. The van der Waals surface area contributed by atoms with Gasteiger partial charge in [-0.05, 0) is 43.5 Å². The molecule has 1 amide bonds. The summed E-state index contributed by atoms with van der Waals surface area (Å²) in [6.45, 7) is 6.74. The second kappa shape index (κ2) is 7.77. The Labute approximate surface area is 147 Å². The molecular weight excluding hydrogens is 354 g/mol. The van der Waals surface area contributed by atoms with Crippen LogP contribution < -0.4 is 5.32 Å². The van der Waals surface area contributed by atoms with Crippen LogP contribution in [0, 0.1) is 6.92 Å². The first kappa shape index (κ1) is 16.9. The maximum Gasteiger partial charge on any atom is 0.238 e. The lowest BCUT2D eigenvalue weighted by Gasteiger charge is -2.37. The minimum Gasteiger partial charge on any atom is -0.325 e. The van der Waals surface area contributed by atoms with Gasteiger partial charge in [0.05, 0.1) is 6.54 Å². The van der Waals surface area contributed by atoms with Gasteiger partial charge in [-0.1, -0.05) is 28.8 Å². The molecule has 4 nitrogen and oxygen atoms in total. The molecule has 0 aromatic heterocycles. The molecule has 23 heavy (non-hydrogen) atoms. The van der Waals surface area contributed by atoms with Gasteiger partial charge < -0.3 is 5.32 Å². The lowest BCUT2D eigenvalue weighted by atomic mass is 10.2. The van der Waals surface area contributed by atoms with Crippen molar-refractivity contribution in [2.24, 2.45) is 0 Å². The number of anilines is 1. The van der Waals surface area contributed by atoms with Crippen LogP contribution in [-0.2, 0) is 4.79 Å². The molecule has 2 fully saturated rings. The number of aryl methyl sites for hydroxylation is 1. The SMILES string of the molecule is Cc1cc(NC(=O)CN2CCN(C3CCCC3)CC2)ccc1Br. The molecule has 0 bridgehead atoms. The summed E-state index contributed by atoms with van der Waals surface area (Å²) in [5, 5.41) is 3.01. The zero-order valence-electron chi connectivity index (χ0n) is 13.9. The van der Waals surface area contributed by atoms with E-state index in [0.29, 0.717) is 6.54 Å². The van der Waals surface area contributed by atoms with Gasteiger partial charge in [-0.15, -0.1) is 0 Å². The van der Waals surface area contributed by atoms with Crippen molar-refractivity contribution in [1.29, 1.82) is 0 Å². The van der Waals surface area contributed by atoms with E-state index in [9.17, 15) is 4.79 Å². The summed E-state index contributed by atoms with van der Waals surface area (Å²) in [6.07, 6.45) is 5.51. The number of piperazine rings is 1. The Morgan fingerprint density at radius 2 is 1.91 bits per heavy atom. The van der Waals surface area contributed by atoms with E-state index >= 15 is 0 Å². The van der Waals surface area contributed by atoms with E-state index in [2.05, 4.69) is 31.0 Å². The van der Waals surface area contributed by atoms with E-state index < -0.39 is 0 Å². The number of hydrogen-bond acceptors (Lipinski definition) is 3. The van der Waals surface area contributed by atoms with Crippen LogP contribution in [0.15, 0.2) is 22.7 Å². The standard InChI is InChI=1S/C18H26BrN3O/c1-14-12-15(6-7-17(14)19)20-18(23)13-21-8-10-22(11-9-21)16-4-2-3-5-16/h6-7,12,16H,2-5,8-11,13H2,1H3,(H,20,23). The Balaban J connectivity index is 1.44. The molecule has 1 N–H and O–H groups in total. The quantitative estimate of drug-likeness (QED) is 0.871. The zero-order valence-corrected chi connectivity index (χ0v) is 15.4. The molecule has 1 aromatic rings. The van der Waals surface area contributed by atoms with Crippen molar-refractivity contribution >= 4 is 27.5 Å². The smallest absolute Gasteiger partial charge is 0.238 e. The van der Waals surface area contributed by atoms with Gasteiger partial charge in [-0.25, -0.2) is 0 Å². The maximum absolute atomic E-state index is 12.2. The molecule has 5 heteroatoms. The minimum atomic E-state index is 0.0843. The van der Waals surface area contributed by atoms with Crippen molar-refractivity contribution in [3.63, 3.8) is 0 Å². The zero-order chi connectivity index (χ0) is 16.2. The minimum absolute atomic E-state index is 0.0843. The summed E-state index contributed by atoms with van der Waals surface area (Å²) in [5.41, 5.74) is 2.01. The van der Waals surface area contributed by atoms with Gasteiger partial charge in [0.15, 0.2) is 0 Å². The molecule has 1 aliphatic heterocycles. The average molecular weight is 380 g/mol. The number of carbonyl (C=O) groups excluding carboxylic acids is 1. The molecular formula is C18H26BrN3O. The molecule has 0 atom stereocenters. The van der Waals surface area contributed by atoms with Gasteiger partial charge in [-0.3, -0.25) is 14.6 Å². The van der Waals surface area contributed by atoms with Gasteiger partial charge in [0.1, 0.15) is 0 Å². The lowest BCUT2D eigenvalue weighted by molar-refractivity contribution is -0.117. The summed E-state index contributed by atoms with van der Waals surface area (Å²) >= 11 is 3.48. The number of halogens is 1. The number of benzene rings is 1. The number of amides is 1. The summed E-state index contributed by atoms with van der Waals surface area (Å²) in [7, 11) is 0. The van der Waals surface area contributed by atoms with Gasteiger partial charge in [-0.2, -0.15) is 0 Å². The molecule has 1 aromatic carbocycles. The third-order valence-electron chi connectivity index (χ3n) is 5.06. The molecule has 126 valence electrons. The van der Waals surface area contributed by atoms with Crippen LogP contribution in [0.2, 0.25) is 0 Å². The normalized spacial score (nSPS) is 20.8. The number of carbonyl (C=O) groups is 1. The summed E-state index contributed by atoms with van der Waals surface area (Å²) in [4.78, 5) is 17.1. The average Bonchev–Trinajstić information content (AvgIpc) is 3.06. The van der Waals surface area contributed by atoms with E-state index in [1.54, 1.807) is 0 Å². The Kier molecular flexibility index (Phi) is 5.72. The molecule has 0 unspecified atom stereocenters. The fourth-order valence-corrected chi connectivity index (χ4v) is 3.93. The van der Waals surface area contributed by atoms with E-state index in [1.807, 2.05) is 25.1 Å². The molecule has 1 heterocycles. The number of hydrogen-bond donors (Lipinski definition) is 1. The van der Waals surface area contributed by atoms with Crippen molar-refractivity contribution in [2.75, 3.05) is 38.0 Å². The van der Waals surface area contributed by atoms with Crippen molar-refractivity contribution in [2.45, 2.75) is 38.6 Å². The Bertz CT molecular complexity index is 549. The van der Waals surface area contributed by atoms with Crippen LogP contribution >= 0.6 is 15.9 Å². The fraction of sp³-hybridized carbons (Fsp3) is 0.611. The molecule has 1 saturated carbocycles. The molecule has 0 radical (unpaired) electrons. The maximum atomic E-state index is 12.2. The van der Waals surface area contributed by atoms with Crippen LogP contribution in [0.3, 0.4) is 0 Å². The highest BCUT2D eigenvalue weighted by atomic mass is 79.9. The molecule has 0 spiro atoms. The van der Waals surface area contributed by atoms with Crippen molar-refractivity contribution in [1.82, 2.24) is 9.80 Å². The van der Waals surface area contributed by atoms with Crippen LogP contribution in [0.4, 0.5) is 5.69 Å². The summed E-state index contributed by atoms with van der Waals surface area (Å²) < 4.78 is 1.07. The predicted octanol–water partition coefficient (Wildman–Crippen LogP) is 3.26. The van der Waals surface area contributed by atoms with Crippen molar-refractivity contribution < 1.29 is 4.79 Å². The second-order valence-electron chi connectivity index (χ2n) is 6.76. The van der Waals surface area contributed by atoms with Crippen LogP contribution in [0.25, 0.3) is 0 Å². The lowest BCUT2D eigenvalue weighted by Crippen LogP contribution is -2.51. The molecule has 2 aliphatic rings. The predicted molar refractivity (Wildman–Crippen MR) is 97.8 cm³/mol. The third-order valence-corrected chi connectivity index (χ3v) is 5.95. The van der Waals surface area contributed by atoms with Gasteiger partial charge in [0, 0.05) is 42.4 Å². The number of rotatable bonds is 4. The number of nitrogens with zero attached hydrogens (tertiary/aromatic N) is 2. The second-order valence-corrected chi connectivity index (χ2v) is 7.62. The Hall–Kier alpha value is -0.910. The Morgan fingerprint density at radius 1 is 1.22 bits per heavy atom. The number of nitrogens with one attached hydrogen (secondary N) is 1. The van der Waals surface area contributed by atoms with Crippen LogP contribution in [0.5, 0.6) is 0 Å². The third kappa shape index (κ3) is 4.55. The first-order valence-corrected chi connectivity index (χ1v) is 9.43. The molecule has 1 saturated heterocycles. The van der Waals surface area contributed by atoms with Crippen LogP contribution in [-0.4, -0.2) is 54.5 Å². The van der Waals surface area contributed by atoms with E-state index in [4.69, 9.17) is 0 Å². The van der Waals surface area contributed by atoms with Crippen molar-refractivity contribution in [3.8, 4) is 0 Å². The largest absolute Gasteiger partial charge is 0.325 e. The van der Waals surface area contributed by atoms with Crippen LogP contribution in [0.1, 0.15) is 31.2 Å². The molecule has 3 rings (SSSR count). The van der Waals surface area contributed by atoms with E-state index in [1.165, 1.54) is 25.7 Å². The van der Waals surface area contributed by atoms with Crippen molar-refractivity contribution in [3.05, 3.63) is 28.2 Å². The monoisotopic (exact) mass is 379 g/mol. The Morgan fingerprint density at radius 3 is 2.57 bits per heavy atom. The topological polar surface area (TPSA) is 35.6 Å². The summed E-state index contributed by atoms with van der Waals surface area (Å²) in [5.74, 6) is 0.0843. The highest BCUT2D eigenvalue weighted by Gasteiger charge is 2.26. The van der Waals surface area contributed by atoms with Gasteiger partial charge >= 0.3 is 0 Å². The van der Waals surface area contributed by atoms with E-state index in [0.717, 1.165) is 47.9 Å². The summed E-state index contributed by atoms with van der Waals surface area (Å²) in [6, 6.07) is 6.72. The first-order valence-electron chi connectivity index (χ1n) is 8.64. The van der Waals surface area contributed by atoms with E-state index in [-0.39, 0.29) is 5.91 Å². The highest BCUT2D eigenvalue weighted by Crippen LogP contribution is 2.24. The van der Waals surface area contributed by atoms with Gasteiger partial charge in [0.2, 0.25) is 5.91 Å².